The van der Waals surface area contributed by atoms with E-state index in [1.165, 1.54) is 10.5 Å². The predicted octanol–water partition coefficient (Wildman–Crippen LogP) is 4.15. The van der Waals surface area contributed by atoms with Gasteiger partial charge < -0.3 is 4.42 Å². The molecule has 1 aliphatic heterocycles. The second kappa shape index (κ2) is 7.10. The summed E-state index contributed by atoms with van der Waals surface area (Å²) in [6, 6.07) is 16.6. The Hall–Kier alpha value is -1.98. The van der Waals surface area contributed by atoms with Crippen LogP contribution in [-0.2, 0) is 6.54 Å². The van der Waals surface area contributed by atoms with E-state index in [9.17, 15) is 4.79 Å². The van der Waals surface area contributed by atoms with E-state index in [0.717, 1.165) is 38.0 Å². The molecule has 3 aromatic rings. The van der Waals surface area contributed by atoms with Gasteiger partial charge in [-0.1, -0.05) is 24.3 Å². The molecule has 5 heteroatoms. The summed E-state index contributed by atoms with van der Waals surface area (Å²) in [5, 5.41) is 0. The van der Waals surface area contributed by atoms with E-state index in [0.29, 0.717) is 5.58 Å². The van der Waals surface area contributed by atoms with Crippen molar-refractivity contribution < 1.29 is 4.42 Å². The van der Waals surface area contributed by atoms with Gasteiger partial charge in [0.15, 0.2) is 5.58 Å². The Bertz CT molecular complexity index is 913. The molecule has 0 amide bonds. The van der Waals surface area contributed by atoms with Gasteiger partial charge >= 0.3 is 5.76 Å². The molecule has 0 radical (unpaired) electrons. The van der Waals surface area contributed by atoms with Crippen LogP contribution >= 0.6 is 11.8 Å². The van der Waals surface area contributed by atoms with Crippen LogP contribution < -0.4 is 5.76 Å². The van der Waals surface area contributed by atoms with Crippen molar-refractivity contribution in [1.82, 2.24) is 9.47 Å². The molecule has 130 valence electrons. The summed E-state index contributed by atoms with van der Waals surface area (Å²) in [7, 11) is 0. The van der Waals surface area contributed by atoms with Crippen LogP contribution in [0.2, 0.25) is 0 Å². The SMILES string of the molecule is CSc1ccc(CN2CCC[C@H](n3c(=O)oc4ccccc43)C2)cc1. The average Bonchev–Trinajstić information content (AvgIpc) is 2.98. The number of thioether (sulfide) groups is 1. The number of hydrogen-bond acceptors (Lipinski definition) is 4. The minimum Gasteiger partial charge on any atom is -0.408 e. The van der Waals surface area contributed by atoms with Crippen molar-refractivity contribution in [2.75, 3.05) is 19.3 Å². The molecule has 0 N–H and O–H groups in total. The van der Waals surface area contributed by atoms with Crippen molar-refractivity contribution in [2.24, 2.45) is 0 Å². The van der Waals surface area contributed by atoms with Crippen LogP contribution in [0.15, 0.2) is 62.6 Å². The van der Waals surface area contributed by atoms with Crippen molar-refractivity contribution in [3.05, 3.63) is 64.6 Å². The lowest BCUT2D eigenvalue weighted by Crippen LogP contribution is -2.38. The Kier molecular flexibility index (Phi) is 4.68. The molecule has 0 unspecified atom stereocenters. The number of likely N-dealkylation sites (tertiary alicyclic amines) is 1. The van der Waals surface area contributed by atoms with Crippen LogP contribution in [-0.4, -0.2) is 28.8 Å². The van der Waals surface area contributed by atoms with Crippen LogP contribution in [0.4, 0.5) is 0 Å². The zero-order chi connectivity index (χ0) is 17.2. The summed E-state index contributed by atoms with van der Waals surface area (Å²) < 4.78 is 7.26. The molecule has 2 heterocycles. The van der Waals surface area contributed by atoms with Crippen molar-refractivity contribution in [3.63, 3.8) is 0 Å². The normalized spacial score (nSPS) is 18.7. The maximum atomic E-state index is 12.3. The van der Waals surface area contributed by atoms with Gasteiger partial charge in [0.2, 0.25) is 0 Å². The second-order valence-corrected chi connectivity index (χ2v) is 7.46. The topological polar surface area (TPSA) is 38.4 Å². The van der Waals surface area contributed by atoms with E-state index in [2.05, 4.69) is 35.4 Å². The fourth-order valence-electron chi connectivity index (χ4n) is 3.70. The predicted molar refractivity (Wildman–Crippen MR) is 102 cm³/mol. The molecule has 1 fully saturated rings. The fraction of sp³-hybridized carbons (Fsp3) is 0.350. The van der Waals surface area contributed by atoms with Gasteiger partial charge in [-0.25, -0.2) is 4.79 Å². The minimum atomic E-state index is -0.239. The zero-order valence-corrected chi connectivity index (χ0v) is 15.2. The van der Waals surface area contributed by atoms with Crippen LogP contribution in [0.5, 0.6) is 0 Å². The van der Waals surface area contributed by atoms with E-state index in [1.54, 1.807) is 11.8 Å². The third kappa shape index (κ3) is 3.39. The Morgan fingerprint density at radius 2 is 1.96 bits per heavy atom. The molecular formula is C20H22N2O2S. The first kappa shape index (κ1) is 16.5. The Balaban J connectivity index is 1.54. The number of nitrogens with zero attached hydrogens (tertiary/aromatic N) is 2. The van der Waals surface area contributed by atoms with Crippen molar-refractivity contribution >= 4 is 22.9 Å². The quantitative estimate of drug-likeness (QED) is 0.660. The number of aromatic nitrogens is 1. The van der Waals surface area contributed by atoms with Gasteiger partial charge in [-0.3, -0.25) is 9.47 Å². The summed E-state index contributed by atoms with van der Waals surface area (Å²) in [6.45, 7) is 2.88. The van der Waals surface area contributed by atoms with E-state index >= 15 is 0 Å². The maximum Gasteiger partial charge on any atom is 0.420 e. The van der Waals surface area contributed by atoms with E-state index < -0.39 is 0 Å². The highest BCUT2D eigenvalue weighted by Crippen LogP contribution is 2.26. The average molecular weight is 354 g/mol. The molecule has 4 nitrogen and oxygen atoms in total. The zero-order valence-electron chi connectivity index (χ0n) is 14.4. The van der Waals surface area contributed by atoms with Gasteiger partial charge in [0.05, 0.1) is 11.6 Å². The number of piperidine rings is 1. The summed E-state index contributed by atoms with van der Waals surface area (Å²) in [4.78, 5) is 16.1. The number of hydrogen-bond donors (Lipinski definition) is 0. The van der Waals surface area contributed by atoms with Gasteiger partial charge in [0.1, 0.15) is 0 Å². The smallest absolute Gasteiger partial charge is 0.408 e. The lowest BCUT2D eigenvalue weighted by molar-refractivity contribution is 0.168. The third-order valence-electron chi connectivity index (χ3n) is 4.93. The van der Waals surface area contributed by atoms with E-state index in [4.69, 9.17) is 4.42 Å². The molecular weight excluding hydrogens is 332 g/mol. The monoisotopic (exact) mass is 354 g/mol. The summed E-state index contributed by atoms with van der Waals surface area (Å²) in [5.41, 5.74) is 2.91. The van der Waals surface area contributed by atoms with E-state index in [1.807, 2.05) is 28.8 Å². The van der Waals surface area contributed by atoms with Crippen molar-refractivity contribution in [2.45, 2.75) is 30.3 Å². The summed E-state index contributed by atoms with van der Waals surface area (Å²) in [5.74, 6) is -0.239. The highest BCUT2D eigenvalue weighted by atomic mass is 32.2. The Labute approximate surface area is 151 Å². The summed E-state index contributed by atoms with van der Waals surface area (Å²) >= 11 is 1.76. The second-order valence-electron chi connectivity index (χ2n) is 6.58. The van der Waals surface area contributed by atoms with Gasteiger partial charge in [-0.2, -0.15) is 0 Å². The molecule has 1 aromatic heterocycles. The molecule has 25 heavy (non-hydrogen) atoms. The molecule has 0 aliphatic carbocycles. The number of benzene rings is 2. The number of rotatable bonds is 4. The number of oxazole rings is 1. The molecule has 0 bridgehead atoms. The lowest BCUT2D eigenvalue weighted by Gasteiger charge is -2.33. The first-order valence-electron chi connectivity index (χ1n) is 8.70. The van der Waals surface area contributed by atoms with Crippen molar-refractivity contribution in [3.8, 4) is 0 Å². The van der Waals surface area contributed by atoms with Crippen LogP contribution in [0, 0.1) is 0 Å². The van der Waals surface area contributed by atoms with Crippen molar-refractivity contribution in [1.29, 1.82) is 0 Å². The number of fused-ring (bicyclic) bond motifs is 1. The third-order valence-corrected chi connectivity index (χ3v) is 5.67. The van der Waals surface area contributed by atoms with Gasteiger partial charge in [-0.05, 0) is 55.5 Å². The molecule has 0 saturated carbocycles. The highest BCUT2D eigenvalue weighted by molar-refractivity contribution is 7.98. The van der Waals surface area contributed by atoms with Crippen LogP contribution in [0.3, 0.4) is 0 Å². The lowest BCUT2D eigenvalue weighted by atomic mass is 10.0. The Morgan fingerprint density at radius 3 is 2.76 bits per heavy atom. The standard InChI is InChI=1S/C20H22N2O2S/c1-25-17-10-8-15(9-11-17)13-21-12-4-5-16(14-21)22-18-6-2-3-7-19(18)24-20(22)23/h2-3,6-11,16H,4-5,12-14H2,1H3/t16-/m0/s1. The van der Waals surface area contributed by atoms with Gasteiger partial charge in [0, 0.05) is 18.0 Å². The largest absolute Gasteiger partial charge is 0.420 e. The maximum absolute atomic E-state index is 12.3. The van der Waals surface area contributed by atoms with E-state index in [-0.39, 0.29) is 11.8 Å². The molecule has 0 spiro atoms. The molecule has 1 saturated heterocycles. The van der Waals surface area contributed by atoms with Crippen LogP contribution in [0.25, 0.3) is 11.1 Å². The fourth-order valence-corrected chi connectivity index (χ4v) is 4.11. The molecule has 2 aromatic carbocycles. The Morgan fingerprint density at radius 1 is 1.16 bits per heavy atom. The van der Waals surface area contributed by atoms with Crippen LogP contribution in [0.1, 0.15) is 24.4 Å². The minimum absolute atomic E-state index is 0.176. The van der Waals surface area contributed by atoms with Gasteiger partial charge in [-0.15, -0.1) is 11.8 Å². The first-order chi connectivity index (χ1) is 12.2. The number of para-hydroxylation sites is 2. The molecule has 1 aliphatic rings. The van der Waals surface area contributed by atoms with Gasteiger partial charge in [0.25, 0.3) is 0 Å². The first-order valence-corrected chi connectivity index (χ1v) is 9.92. The highest BCUT2D eigenvalue weighted by Gasteiger charge is 2.25. The summed E-state index contributed by atoms with van der Waals surface area (Å²) in [6.07, 6.45) is 4.21. The molecule has 1 atom stereocenters. The molecule has 4 rings (SSSR count).